The van der Waals surface area contributed by atoms with Crippen molar-refractivity contribution in [2.75, 3.05) is 5.32 Å². The van der Waals surface area contributed by atoms with Gasteiger partial charge in [-0.25, -0.2) is 26.7 Å². The van der Waals surface area contributed by atoms with Gasteiger partial charge in [0.25, 0.3) is 0 Å². The molecule has 0 aromatic heterocycles. The van der Waals surface area contributed by atoms with Crippen molar-refractivity contribution in [3.05, 3.63) is 65.0 Å². The maximum atomic E-state index is 13.3. The number of nitrogens with one attached hydrogen (secondary N) is 1. The number of ether oxygens (including phenoxy) is 1. The summed E-state index contributed by atoms with van der Waals surface area (Å²) in [6.07, 6.45) is -1.35. The first-order chi connectivity index (χ1) is 10.4. The van der Waals surface area contributed by atoms with Gasteiger partial charge in [0, 0.05) is 0 Å². The predicted molar refractivity (Wildman–Crippen MR) is 66.5 cm³/mol. The summed E-state index contributed by atoms with van der Waals surface area (Å²) in [5, 5.41) is 1.50. The zero-order valence-electron chi connectivity index (χ0n) is 10.8. The van der Waals surface area contributed by atoms with Gasteiger partial charge in [-0.05, 0) is 5.56 Å². The monoisotopic (exact) mass is 317 g/mol. The Labute approximate surface area is 121 Å². The van der Waals surface area contributed by atoms with E-state index in [-0.39, 0.29) is 6.61 Å². The summed E-state index contributed by atoms with van der Waals surface area (Å²) < 4.78 is 70.0. The minimum atomic E-state index is -2.31. The van der Waals surface area contributed by atoms with Crippen LogP contribution < -0.4 is 5.32 Å². The number of rotatable bonds is 3. The highest BCUT2D eigenvalue weighted by Gasteiger charge is 2.27. The normalized spacial score (nSPS) is 10.4. The van der Waals surface area contributed by atoms with Crippen molar-refractivity contribution in [3.63, 3.8) is 0 Å². The summed E-state index contributed by atoms with van der Waals surface area (Å²) >= 11 is 0. The molecule has 2 aromatic rings. The fourth-order valence-electron chi connectivity index (χ4n) is 1.58. The molecule has 0 spiro atoms. The van der Waals surface area contributed by atoms with Crippen LogP contribution in [-0.2, 0) is 11.3 Å². The number of hydrogen-bond donors (Lipinski definition) is 1. The van der Waals surface area contributed by atoms with Gasteiger partial charge < -0.3 is 4.74 Å². The van der Waals surface area contributed by atoms with Crippen molar-refractivity contribution < 1.29 is 31.5 Å². The summed E-state index contributed by atoms with van der Waals surface area (Å²) in [5.41, 5.74) is -0.885. The lowest BCUT2D eigenvalue weighted by Gasteiger charge is -2.10. The molecule has 0 heterocycles. The third kappa shape index (κ3) is 3.16. The maximum absolute atomic E-state index is 13.3. The second kappa shape index (κ2) is 6.42. The largest absolute Gasteiger partial charge is 0.444 e. The Morgan fingerprint density at radius 2 is 1.36 bits per heavy atom. The summed E-state index contributed by atoms with van der Waals surface area (Å²) in [7, 11) is 0. The van der Waals surface area contributed by atoms with E-state index in [0.29, 0.717) is 5.56 Å². The number of halogens is 5. The Morgan fingerprint density at radius 1 is 0.864 bits per heavy atom. The number of benzene rings is 2. The molecule has 116 valence electrons. The highest BCUT2D eigenvalue weighted by molar-refractivity contribution is 5.85. The van der Waals surface area contributed by atoms with E-state index in [9.17, 15) is 26.7 Å². The van der Waals surface area contributed by atoms with Gasteiger partial charge in [-0.2, -0.15) is 0 Å². The third-order valence-corrected chi connectivity index (χ3v) is 2.65. The van der Waals surface area contributed by atoms with Crippen LogP contribution in [0, 0.1) is 29.1 Å². The Bertz CT molecular complexity index is 677. The molecular weight excluding hydrogens is 309 g/mol. The van der Waals surface area contributed by atoms with E-state index in [2.05, 4.69) is 4.74 Å². The first-order valence-corrected chi connectivity index (χ1v) is 5.91. The molecule has 3 nitrogen and oxygen atoms in total. The molecule has 1 N–H and O–H groups in total. The van der Waals surface area contributed by atoms with Crippen molar-refractivity contribution in [2.45, 2.75) is 6.61 Å². The summed E-state index contributed by atoms with van der Waals surface area (Å²) in [6, 6.07) is 8.29. The zero-order valence-corrected chi connectivity index (χ0v) is 10.8. The number of amides is 1. The molecule has 1 amide bonds. The maximum Gasteiger partial charge on any atom is 0.412 e. The molecule has 0 saturated carbocycles. The highest BCUT2D eigenvalue weighted by Crippen LogP contribution is 2.27. The molecule has 2 rings (SSSR count). The van der Waals surface area contributed by atoms with Crippen LogP contribution >= 0.6 is 0 Å². The van der Waals surface area contributed by atoms with Crippen LogP contribution in [0.5, 0.6) is 0 Å². The lowest BCUT2D eigenvalue weighted by molar-refractivity contribution is 0.154. The minimum Gasteiger partial charge on any atom is -0.444 e. The van der Waals surface area contributed by atoms with Crippen LogP contribution in [-0.4, -0.2) is 6.09 Å². The number of hydrogen-bond acceptors (Lipinski definition) is 2. The Kier molecular flexibility index (Phi) is 4.59. The van der Waals surface area contributed by atoms with E-state index >= 15 is 0 Å². The van der Waals surface area contributed by atoms with Crippen molar-refractivity contribution in [1.82, 2.24) is 0 Å². The van der Waals surface area contributed by atoms with E-state index in [1.54, 1.807) is 30.3 Å². The lowest BCUT2D eigenvalue weighted by atomic mass is 10.2. The molecule has 0 radical (unpaired) electrons. The fourth-order valence-corrected chi connectivity index (χ4v) is 1.58. The number of anilines is 1. The molecule has 0 fully saturated rings. The fraction of sp³-hybridized carbons (Fsp3) is 0.0714. The molecule has 0 unspecified atom stereocenters. The van der Waals surface area contributed by atoms with Gasteiger partial charge >= 0.3 is 6.09 Å². The van der Waals surface area contributed by atoms with Crippen LogP contribution in [0.15, 0.2) is 30.3 Å². The lowest BCUT2D eigenvalue weighted by Crippen LogP contribution is -2.17. The average Bonchev–Trinajstić information content (AvgIpc) is 2.54. The number of carbonyl (C=O) groups is 1. The van der Waals surface area contributed by atoms with Gasteiger partial charge in [0.15, 0.2) is 23.3 Å². The van der Waals surface area contributed by atoms with Gasteiger partial charge in [-0.1, -0.05) is 30.3 Å². The quantitative estimate of drug-likeness (QED) is 0.525. The molecule has 0 atom stereocenters. The second-order valence-electron chi connectivity index (χ2n) is 4.13. The van der Waals surface area contributed by atoms with Crippen LogP contribution in [0.3, 0.4) is 0 Å². The molecule has 0 bridgehead atoms. The molecule has 2 aromatic carbocycles. The molecular formula is C14H8F5NO2. The van der Waals surface area contributed by atoms with Crippen LogP contribution in [0.1, 0.15) is 5.56 Å². The van der Waals surface area contributed by atoms with Gasteiger partial charge in [0.05, 0.1) is 0 Å². The molecule has 0 saturated heterocycles. The molecule has 8 heteroatoms. The topological polar surface area (TPSA) is 38.3 Å². The van der Waals surface area contributed by atoms with E-state index in [0.717, 1.165) is 0 Å². The first kappa shape index (κ1) is 15.7. The summed E-state index contributed by atoms with van der Waals surface area (Å²) in [4.78, 5) is 11.4. The highest BCUT2D eigenvalue weighted by atomic mass is 19.2. The van der Waals surface area contributed by atoms with Crippen LogP contribution in [0.25, 0.3) is 0 Å². The molecule has 22 heavy (non-hydrogen) atoms. The molecule has 0 aliphatic carbocycles. The van der Waals surface area contributed by atoms with E-state index < -0.39 is 40.9 Å². The average molecular weight is 317 g/mol. The first-order valence-electron chi connectivity index (χ1n) is 5.91. The van der Waals surface area contributed by atoms with Crippen molar-refractivity contribution >= 4 is 11.8 Å². The van der Waals surface area contributed by atoms with Gasteiger partial charge in [-0.15, -0.1) is 0 Å². The van der Waals surface area contributed by atoms with E-state index in [1.165, 1.54) is 5.32 Å². The van der Waals surface area contributed by atoms with Gasteiger partial charge in [-0.3, -0.25) is 5.32 Å². The van der Waals surface area contributed by atoms with Crippen molar-refractivity contribution in [2.24, 2.45) is 0 Å². The van der Waals surface area contributed by atoms with Gasteiger partial charge in [0.1, 0.15) is 12.3 Å². The third-order valence-electron chi connectivity index (χ3n) is 2.65. The van der Waals surface area contributed by atoms with Crippen molar-refractivity contribution in [3.8, 4) is 0 Å². The van der Waals surface area contributed by atoms with Crippen molar-refractivity contribution in [1.29, 1.82) is 0 Å². The van der Waals surface area contributed by atoms with Crippen LogP contribution in [0.4, 0.5) is 32.4 Å². The standard InChI is InChI=1S/C14H8F5NO2/c15-8-9(16)11(18)13(12(19)10(8)17)20-14(21)22-6-7-4-2-1-3-5-7/h1-5H,6H2,(H,20,21). The smallest absolute Gasteiger partial charge is 0.412 e. The second-order valence-corrected chi connectivity index (χ2v) is 4.13. The zero-order chi connectivity index (χ0) is 16.3. The number of carbonyl (C=O) groups excluding carboxylic acids is 1. The Hall–Kier alpha value is -2.64. The summed E-state index contributed by atoms with van der Waals surface area (Å²) in [5.74, 6) is -10.9. The Morgan fingerprint density at radius 3 is 1.91 bits per heavy atom. The SMILES string of the molecule is O=C(Nc1c(F)c(F)c(F)c(F)c1F)OCc1ccccc1. The van der Waals surface area contributed by atoms with Crippen LogP contribution in [0.2, 0.25) is 0 Å². The van der Waals surface area contributed by atoms with E-state index in [4.69, 9.17) is 0 Å². The van der Waals surface area contributed by atoms with E-state index in [1.807, 2.05) is 0 Å². The molecule has 0 aliphatic rings. The minimum absolute atomic E-state index is 0.234. The molecule has 0 aliphatic heterocycles. The summed E-state index contributed by atoms with van der Waals surface area (Å²) in [6.45, 7) is -0.234. The Balaban J connectivity index is 2.12. The predicted octanol–water partition coefficient (Wildman–Crippen LogP) is 4.13. The van der Waals surface area contributed by atoms with Gasteiger partial charge in [0.2, 0.25) is 5.82 Å².